The van der Waals surface area contributed by atoms with Crippen LogP contribution in [0.5, 0.6) is 0 Å². The lowest BCUT2D eigenvalue weighted by molar-refractivity contribution is 0.0686. The third kappa shape index (κ3) is 9.60. The average Bonchev–Trinajstić information content (AvgIpc) is 3.21. The molecule has 0 saturated carbocycles. The second-order valence-corrected chi connectivity index (χ2v) is 6.87. The minimum absolute atomic E-state index is 0.0918. The highest BCUT2D eigenvalue weighted by Crippen LogP contribution is 2.08. The van der Waals surface area contributed by atoms with Gasteiger partial charge in [-0.3, -0.25) is 0 Å². The van der Waals surface area contributed by atoms with Gasteiger partial charge in [-0.25, -0.2) is 9.59 Å². The van der Waals surface area contributed by atoms with E-state index < -0.39 is 25.2 Å². The summed E-state index contributed by atoms with van der Waals surface area (Å²) in [6.07, 6.45) is -0.468. The van der Waals surface area contributed by atoms with Gasteiger partial charge >= 0.3 is 26.2 Å². The Hall–Kier alpha value is -2.73. The van der Waals surface area contributed by atoms with Crippen molar-refractivity contribution in [2.45, 2.75) is 26.1 Å². The van der Waals surface area contributed by atoms with Crippen molar-refractivity contribution in [2.24, 2.45) is 0 Å². The number of aromatic carboxylic acids is 2. The molecule has 1 saturated heterocycles. The van der Waals surface area contributed by atoms with E-state index in [9.17, 15) is 9.59 Å². The van der Waals surface area contributed by atoms with Crippen LogP contribution in [0.15, 0.2) is 48.5 Å². The minimum Gasteiger partial charge on any atom is -0.478 e. The van der Waals surface area contributed by atoms with Crippen molar-refractivity contribution in [3.63, 3.8) is 0 Å². The molecule has 0 spiro atoms. The van der Waals surface area contributed by atoms with E-state index in [2.05, 4.69) is 0 Å². The van der Waals surface area contributed by atoms with Crippen LogP contribution in [0.3, 0.4) is 0 Å². The first-order chi connectivity index (χ1) is 15.0. The monoisotopic (exact) mass is 448 g/mol. The summed E-state index contributed by atoms with van der Waals surface area (Å²) in [5, 5.41) is 50.5. The summed E-state index contributed by atoms with van der Waals surface area (Å²) >= 11 is 0. The zero-order chi connectivity index (χ0) is 24.3. The van der Waals surface area contributed by atoms with Gasteiger partial charge in [0.05, 0.1) is 36.5 Å². The molecule has 12 heteroatoms. The van der Waals surface area contributed by atoms with Gasteiger partial charge in [-0.15, -0.1) is 0 Å². The molecule has 1 heterocycles. The Morgan fingerprint density at radius 3 is 1.78 bits per heavy atom. The number of carbonyl (C=O) groups is 2. The lowest BCUT2D eigenvalue weighted by atomic mass is 9.79. The summed E-state index contributed by atoms with van der Waals surface area (Å²) in [6, 6.07) is 11.9. The molecule has 0 radical (unpaired) electrons. The number of hydrogen-bond donors (Lipinski definition) is 6. The Morgan fingerprint density at radius 1 is 1.03 bits per heavy atom. The molecule has 32 heavy (non-hydrogen) atoms. The smallest absolute Gasteiger partial charge is 0.478 e. The number of aliphatic hydroxyl groups is 2. The number of carboxylic acids is 2. The molecule has 2 aromatic rings. The number of hydrogen-bond acceptors (Lipinski definition) is 8. The van der Waals surface area contributed by atoms with Crippen LogP contribution in [-0.4, -0.2) is 82.1 Å². The van der Waals surface area contributed by atoms with Gasteiger partial charge in [0.25, 0.3) is 0 Å². The third-order valence-electron chi connectivity index (χ3n) is 3.99. The molecule has 172 valence electrons. The SMILES string of the molecule is CC(O)CO.CC1COB(c2ccc(C(=O)O)cc2)O1.O=C(O)c1ccc(B(O)O)cc1. The molecule has 2 atom stereocenters. The van der Waals surface area contributed by atoms with E-state index in [1.807, 2.05) is 6.92 Å². The highest BCUT2D eigenvalue weighted by molar-refractivity contribution is 6.61. The fourth-order valence-electron chi connectivity index (χ4n) is 2.27. The van der Waals surface area contributed by atoms with Crippen molar-refractivity contribution < 1.29 is 49.4 Å². The van der Waals surface area contributed by atoms with E-state index in [0.29, 0.717) is 6.61 Å². The molecule has 10 nitrogen and oxygen atoms in total. The van der Waals surface area contributed by atoms with Crippen molar-refractivity contribution in [1.82, 2.24) is 0 Å². The van der Waals surface area contributed by atoms with Gasteiger partial charge in [0.1, 0.15) is 0 Å². The van der Waals surface area contributed by atoms with Gasteiger partial charge in [-0.05, 0) is 49.0 Å². The van der Waals surface area contributed by atoms with E-state index in [-0.39, 0.29) is 36.4 Å². The van der Waals surface area contributed by atoms with Crippen LogP contribution in [0.2, 0.25) is 0 Å². The molecule has 1 fully saturated rings. The van der Waals surface area contributed by atoms with Crippen molar-refractivity contribution in [2.75, 3.05) is 13.2 Å². The fraction of sp³-hybridized carbons (Fsp3) is 0.300. The molecule has 0 amide bonds. The fourth-order valence-corrected chi connectivity index (χ4v) is 2.27. The lowest BCUT2D eigenvalue weighted by Crippen LogP contribution is -2.32. The third-order valence-corrected chi connectivity index (χ3v) is 3.99. The molecule has 2 aromatic carbocycles. The predicted octanol–water partition coefficient (Wildman–Crippen LogP) is -1.06. The summed E-state index contributed by atoms with van der Waals surface area (Å²) in [5.74, 6) is -1.96. The number of benzene rings is 2. The second-order valence-electron chi connectivity index (χ2n) is 6.87. The lowest BCUT2D eigenvalue weighted by Gasteiger charge is -2.05. The van der Waals surface area contributed by atoms with Crippen LogP contribution < -0.4 is 10.9 Å². The van der Waals surface area contributed by atoms with E-state index >= 15 is 0 Å². The van der Waals surface area contributed by atoms with E-state index in [4.69, 9.17) is 39.8 Å². The van der Waals surface area contributed by atoms with Crippen LogP contribution in [0.1, 0.15) is 34.6 Å². The molecule has 2 unspecified atom stereocenters. The van der Waals surface area contributed by atoms with Gasteiger partial charge in [-0.2, -0.15) is 0 Å². The predicted molar refractivity (Wildman–Crippen MR) is 117 cm³/mol. The Labute approximate surface area is 186 Å². The largest absolute Gasteiger partial charge is 0.494 e. The molecule has 0 aliphatic carbocycles. The van der Waals surface area contributed by atoms with Crippen molar-refractivity contribution in [3.8, 4) is 0 Å². The van der Waals surface area contributed by atoms with Crippen LogP contribution >= 0.6 is 0 Å². The van der Waals surface area contributed by atoms with Crippen molar-refractivity contribution >= 4 is 37.1 Å². The second kappa shape index (κ2) is 13.6. The van der Waals surface area contributed by atoms with Gasteiger partial charge < -0.3 is 39.8 Å². The molecule has 3 rings (SSSR count). The molecule has 1 aliphatic heterocycles. The first-order valence-corrected chi connectivity index (χ1v) is 9.63. The molecule has 0 aromatic heterocycles. The maximum Gasteiger partial charge on any atom is 0.494 e. The topological polar surface area (TPSA) is 174 Å². The Balaban J connectivity index is 0.000000270. The van der Waals surface area contributed by atoms with Crippen LogP contribution in [-0.2, 0) is 9.31 Å². The van der Waals surface area contributed by atoms with Crippen molar-refractivity contribution in [1.29, 1.82) is 0 Å². The van der Waals surface area contributed by atoms with Gasteiger partial charge in [0.15, 0.2) is 0 Å². The highest BCUT2D eigenvalue weighted by Gasteiger charge is 2.30. The molecular weight excluding hydrogens is 422 g/mol. The summed E-state index contributed by atoms with van der Waals surface area (Å²) in [5.41, 5.74) is 1.52. The van der Waals surface area contributed by atoms with E-state index in [1.165, 1.54) is 31.2 Å². The minimum atomic E-state index is -1.55. The summed E-state index contributed by atoms with van der Waals surface area (Å²) in [7, 11) is -1.91. The number of aliphatic hydroxyl groups excluding tert-OH is 2. The van der Waals surface area contributed by atoms with Crippen LogP contribution in [0.25, 0.3) is 0 Å². The quantitative estimate of drug-likeness (QED) is 0.310. The molecular formula is C20H26B2O10. The molecule has 1 aliphatic rings. The zero-order valence-electron chi connectivity index (χ0n) is 17.7. The molecule has 6 N–H and O–H groups in total. The number of rotatable bonds is 5. The highest BCUT2D eigenvalue weighted by atomic mass is 16.6. The van der Waals surface area contributed by atoms with Crippen LogP contribution in [0, 0.1) is 0 Å². The van der Waals surface area contributed by atoms with Crippen molar-refractivity contribution in [3.05, 3.63) is 59.7 Å². The summed E-state index contributed by atoms with van der Waals surface area (Å²) < 4.78 is 10.9. The maximum absolute atomic E-state index is 10.6. The van der Waals surface area contributed by atoms with Gasteiger partial charge in [-0.1, -0.05) is 24.3 Å². The summed E-state index contributed by atoms with van der Waals surface area (Å²) in [4.78, 5) is 21.0. The van der Waals surface area contributed by atoms with E-state index in [0.717, 1.165) is 5.46 Å². The summed E-state index contributed by atoms with van der Waals surface area (Å²) in [6.45, 7) is 3.90. The Kier molecular flexibility index (Phi) is 11.6. The zero-order valence-corrected chi connectivity index (χ0v) is 17.7. The number of carboxylic acid groups (broad SMARTS) is 2. The van der Waals surface area contributed by atoms with Crippen LogP contribution in [0.4, 0.5) is 0 Å². The Morgan fingerprint density at radius 2 is 1.47 bits per heavy atom. The maximum atomic E-state index is 10.6. The molecule has 0 bridgehead atoms. The normalized spacial score (nSPS) is 15.6. The van der Waals surface area contributed by atoms with Gasteiger partial charge in [0.2, 0.25) is 0 Å². The average molecular weight is 448 g/mol. The Bertz CT molecular complexity index is 840. The standard InChI is InChI=1S/C10H11BO4.C7H7BO4.C3H8O2/c1-7-6-14-11(15-7)9-4-2-8(3-5-9)10(12)13;9-7(10)5-1-3-6(4-2-5)8(11)12;1-3(5)2-4/h2-5,7H,6H2,1H3,(H,12,13);1-4,11-12H,(H,9,10);3-5H,2H2,1H3. The van der Waals surface area contributed by atoms with Gasteiger partial charge in [0, 0.05) is 0 Å². The van der Waals surface area contributed by atoms with E-state index in [1.54, 1.807) is 24.3 Å². The first kappa shape index (κ1) is 27.3. The first-order valence-electron chi connectivity index (χ1n) is 9.63.